The zero-order valence-electron chi connectivity index (χ0n) is 15.7. The summed E-state index contributed by atoms with van der Waals surface area (Å²) in [6.45, 7) is 11.1. The molecule has 0 aliphatic rings. The van der Waals surface area contributed by atoms with Gasteiger partial charge in [-0.25, -0.2) is 0 Å². The molecule has 5 heteroatoms. The monoisotopic (exact) mass is 344 g/mol. The standard InChI is InChI=1S/C18H36N2O2S/c1-15(2)14-23-13-8-6-7-12-19-16(21)10-9-11-17(22)20-18(3,4)5/h15H,6-14H2,1-5H3,(H,19,21)(H,20,22). The zero-order valence-corrected chi connectivity index (χ0v) is 16.5. The molecule has 0 atom stereocenters. The number of carbonyl (C=O) groups is 2. The van der Waals surface area contributed by atoms with E-state index in [9.17, 15) is 9.59 Å². The van der Waals surface area contributed by atoms with Gasteiger partial charge in [-0.15, -0.1) is 0 Å². The number of rotatable bonds is 12. The van der Waals surface area contributed by atoms with Gasteiger partial charge in [-0.2, -0.15) is 11.8 Å². The number of carbonyl (C=O) groups excluding carboxylic acids is 2. The van der Waals surface area contributed by atoms with Gasteiger partial charge in [0.05, 0.1) is 0 Å². The summed E-state index contributed by atoms with van der Waals surface area (Å²) in [6.07, 6.45) is 4.89. The molecule has 0 aliphatic heterocycles. The molecule has 0 aromatic heterocycles. The summed E-state index contributed by atoms with van der Waals surface area (Å²) in [6, 6.07) is 0. The lowest BCUT2D eigenvalue weighted by atomic mass is 10.1. The van der Waals surface area contributed by atoms with Crippen molar-refractivity contribution in [1.29, 1.82) is 0 Å². The normalized spacial score (nSPS) is 11.6. The highest BCUT2D eigenvalue weighted by molar-refractivity contribution is 7.99. The van der Waals surface area contributed by atoms with E-state index in [-0.39, 0.29) is 17.4 Å². The van der Waals surface area contributed by atoms with Crippen LogP contribution in [0.5, 0.6) is 0 Å². The Morgan fingerprint density at radius 3 is 2.22 bits per heavy atom. The van der Waals surface area contributed by atoms with Crippen molar-refractivity contribution < 1.29 is 9.59 Å². The Balaban J connectivity index is 3.42. The van der Waals surface area contributed by atoms with Crippen molar-refractivity contribution in [2.45, 2.75) is 78.7 Å². The molecule has 0 spiro atoms. The lowest BCUT2D eigenvalue weighted by Gasteiger charge is -2.20. The van der Waals surface area contributed by atoms with Crippen LogP contribution in [0.3, 0.4) is 0 Å². The predicted octanol–water partition coefficient (Wildman–Crippen LogP) is 3.75. The lowest BCUT2D eigenvalue weighted by molar-refractivity contribution is -0.123. The number of thioether (sulfide) groups is 1. The molecule has 2 N–H and O–H groups in total. The summed E-state index contributed by atoms with van der Waals surface area (Å²) < 4.78 is 0. The number of hydrogen-bond donors (Lipinski definition) is 2. The molecule has 4 nitrogen and oxygen atoms in total. The minimum atomic E-state index is -0.202. The quantitative estimate of drug-likeness (QED) is 0.530. The smallest absolute Gasteiger partial charge is 0.220 e. The predicted molar refractivity (Wildman–Crippen MR) is 101 cm³/mol. The third-order valence-corrected chi connectivity index (χ3v) is 4.54. The summed E-state index contributed by atoms with van der Waals surface area (Å²) in [7, 11) is 0. The van der Waals surface area contributed by atoms with Crippen molar-refractivity contribution in [3.63, 3.8) is 0 Å². The second kappa shape index (κ2) is 12.7. The molecule has 0 saturated carbocycles. The maximum Gasteiger partial charge on any atom is 0.220 e. The highest BCUT2D eigenvalue weighted by Crippen LogP contribution is 2.10. The average molecular weight is 345 g/mol. The van der Waals surface area contributed by atoms with Gasteiger partial charge < -0.3 is 10.6 Å². The third-order valence-electron chi connectivity index (χ3n) is 3.06. The number of amides is 2. The number of nitrogens with one attached hydrogen (secondary N) is 2. The van der Waals surface area contributed by atoms with E-state index in [2.05, 4.69) is 24.5 Å². The molecule has 0 bridgehead atoms. The first-order valence-electron chi connectivity index (χ1n) is 8.86. The van der Waals surface area contributed by atoms with Crippen LogP contribution < -0.4 is 10.6 Å². The van der Waals surface area contributed by atoms with Crippen molar-refractivity contribution in [2.75, 3.05) is 18.1 Å². The highest BCUT2D eigenvalue weighted by Gasteiger charge is 2.13. The van der Waals surface area contributed by atoms with Gasteiger partial charge in [0, 0.05) is 24.9 Å². The van der Waals surface area contributed by atoms with Crippen molar-refractivity contribution in [3.05, 3.63) is 0 Å². The molecule has 0 heterocycles. The van der Waals surface area contributed by atoms with E-state index in [1.807, 2.05) is 32.5 Å². The fourth-order valence-corrected chi connectivity index (χ4v) is 3.08. The van der Waals surface area contributed by atoms with Gasteiger partial charge in [0.25, 0.3) is 0 Å². The van der Waals surface area contributed by atoms with E-state index in [0.29, 0.717) is 19.3 Å². The van der Waals surface area contributed by atoms with Crippen molar-refractivity contribution in [3.8, 4) is 0 Å². The molecular formula is C18H36N2O2S. The van der Waals surface area contributed by atoms with Crippen molar-refractivity contribution in [2.24, 2.45) is 5.92 Å². The first-order valence-corrected chi connectivity index (χ1v) is 10.0. The molecule has 2 amide bonds. The molecule has 0 saturated heterocycles. The lowest BCUT2D eigenvalue weighted by Crippen LogP contribution is -2.40. The Labute approximate surface area is 146 Å². The van der Waals surface area contributed by atoms with Gasteiger partial charge in [-0.3, -0.25) is 9.59 Å². The van der Waals surface area contributed by atoms with Crippen LogP contribution in [0.15, 0.2) is 0 Å². The topological polar surface area (TPSA) is 58.2 Å². The fourth-order valence-electron chi connectivity index (χ4n) is 2.03. The summed E-state index contributed by atoms with van der Waals surface area (Å²) >= 11 is 2.02. The molecule has 0 unspecified atom stereocenters. The molecule has 136 valence electrons. The van der Waals surface area contributed by atoms with Crippen LogP contribution in [0, 0.1) is 5.92 Å². The van der Waals surface area contributed by atoms with Crippen LogP contribution in [-0.2, 0) is 9.59 Å². The van der Waals surface area contributed by atoms with E-state index in [4.69, 9.17) is 0 Å². The van der Waals surface area contributed by atoms with Crippen LogP contribution in [0.4, 0.5) is 0 Å². The molecule has 0 aromatic rings. The second-order valence-corrected chi connectivity index (χ2v) is 8.68. The zero-order chi connectivity index (χ0) is 17.7. The van der Waals surface area contributed by atoms with Crippen molar-refractivity contribution >= 4 is 23.6 Å². The molecule has 0 aromatic carbocycles. The van der Waals surface area contributed by atoms with Crippen LogP contribution in [-0.4, -0.2) is 35.4 Å². The van der Waals surface area contributed by atoms with Crippen molar-refractivity contribution in [1.82, 2.24) is 10.6 Å². The van der Waals surface area contributed by atoms with E-state index < -0.39 is 0 Å². The van der Waals surface area contributed by atoms with E-state index in [1.165, 1.54) is 24.3 Å². The minimum absolute atomic E-state index is 0.0178. The minimum Gasteiger partial charge on any atom is -0.356 e. The maximum absolute atomic E-state index is 11.7. The van der Waals surface area contributed by atoms with Crippen LogP contribution >= 0.6 is 11.8 Å². The Hall–Kier alpha value is -0.710. The molecule has 0 rings (SSSR count). The van der Waals surface area contributed by atoms with Gasteiger partial charge >= 0.3 is 0 Å². The number of unbranched alkanes of at least 4 members (excludes halogenated alkanes) is 2. The van der Waals surface area contributed by atoms with Crippen LogP contribution in [0.2, 0.25) is 0 Å². The first-order chi connectivity index (χ1) is 10.7. The molecule has 0 aliphatic carbocycles. The Bertz CT molecular complexity index is 338. The van der Waals surface area contributed by atoms with E-state index in [1.54, 1.807) is 0 Å². The van der Waals surface area contributed by atoms with Crippen LogP contribution in [0.25, 0.3) is 0 Å². The molecule has 0 fully saturated rings. The SMILES string of the molecule is CC(C)CSCCCCCNC(=O)CCCC(=O)NC(C)(C)C. The van der Waals surface area contributed by atoms with Gasteiger partial charge in [-0.1, -0.05) is 20.3 Å². The van der Waals surface area contributed by atoms with Gasteiger partial charge in [0.1, 0.15) is 0 Å². The van der Waals surface area contributed by atoms with Gasteiger partial charge in [-0.05, 0) is 57.5 Å². The van der Waals surface area contributed by atoms with E-state index in [0.717, 1.165) is 18.9 Å². The highest BCUT2D eigenvalue weighted by atomic mass is 32.2. The summed E-state index contributed by atoms with van der Waals surface area (Å²) in [5, 5.41) is 5.84. The first kappa shape index (κ1) is 22.3. The average Bonchev–Trinajstić information content (AvgIpc) is 2.39. The molecule has 23 heavy (non-hydrogen) atoms. The number of hydrogen-bond acceptors (Lipinski definition) is 3. The largest absolute Gasteiger partial charge is 0.356 e. The van der Waals surface area contributed by atoms with E-state index >= 15 is 0 Å². The molecule has 0 radical (unpaired) electrons. The Morgan fingerprint density at radius 1 is 0.957 bits per heavy atom. The second-order valence-electron chi connectivity index (χ2n) is 7.53. The summed E-state index contributed by atoms with van der Waals surface area (Å²) in [5.41, 5.74) is -0.202. The van der Waals surface area contributed by atoms with Gasteiger partial charge in [0.2, 0.25) is 11.8 Å². The third kappa shape index (κ3) is 17.5. The fraction of sp³-hybridized carbons (Fsp3) is 0.889. The van der Waals surface area contributed by atoms with Gasteiger partial charge in [0.15, 0.2) is 0 Å². The Kier molecular flexibility index (Phi) is 12.3. The maximum atomic E-state index is 11.7. The summed E-state index contributed by atoms with van der Waals surface area (Å²) in [5.74, 6) is 3.30. The summed E-state index contributed by atoms with van der Waals surface area (Å²) in [4.78, 5) is 23.3. The Morgan fingerprint density at radius 2 is 1.61 bits per heavy atom. The molecular weight excluding hydrogens is 308 g/mol. The van der Waals surface area contributed by atoms with Crippen LogP contribution in [0.1, 0.15) is 73.1 Å².